The third-order valence-corrected chi connectivity index (χ3v) is 5.06. The molecule has 1 N–H and O–H groups in total. The molecule has 0 amide bonds. The van der Waals surface area contributed by atoms with Crippen LogP contribution in [0.2, 0.25) is 0 Å². The van der Waals surface area contributed by atoms with E-state index in [4.69, 9.17) is 0 Å². The van der Waals surface area contributed by atoms with E-state index in [9.17, 15) is 10.4 Å². The highest BCUT2D eigenvalue weighted by molar-refractivity contribution is 5.06. The van der Waals surface area contributed by atoms with E-state index in [1.165, 1.54) is 19.3 Å². The quantitative estimate of drug-likeness (QED) is 0.680. The van der Waals surface area contributed by atoms with Crippen LogP contribution >= 0.6 is 0 Å². The maximum absolute atomic E-state index is 10.4. The summed E-state index contributed by atoms with van der Waals surface area (Å²) in [5, 5.41) is 20.0. The molecular formula is C17H31NO. The molecule has 0 aromatic heterocycles. The maximum atomic E-state index is 10.4. The molecule has 0 aliphatic heterocycles. The van der Waals surface area contributed by atoms with E-state index in [1.807, 2.05) is 0 Å². The Hall–Kier alpha value is -0.550. The van der Waals surface area contributed by atoms with Crippen molar-refractivity contribution in [1.29, 1.82) is 5.26 Å². The number of hydrogen-bond donors (Lipinski definition) is 1. The van der Waals surface area contributed by atoms with Crippen LogP contribution in [-0.2, 0) is 0 Å². The highest BCUT2D eigenvalue weighted by Crippen LogP contribution is 2.44. The highest BCUT2D eigenvalue weighted by atomic mass is 16.3. The lowest BCUT2D eigenvalue weighted by atomic mass is 9.65. The monoisotopic (exact) mass is 265 g/mol. The molecule has 19 heavy (non-hydrogen) atoms. The minimum Gasteiger partial charge on any atom is -0.391 e. The Bertz CT molecular complexity index is 284. The van der Waals surface area contributed by atoms with Gasteiger partial charge >= 0.3 is 0 Å². The Balaban J connectivity index is 2.46. The minimum atomic E-state index is -0.447. The third kappa shape index (κ3) is 4.49. The lowest BCUT2D eigenvalue weighted by molar-refractivity contribution is 0.0134. The van der Waals surface area contributed by atoms with Crippen LogP contribution in [-0.4, -0.2) is 11.2 Å². The van der Waals surface area contributed by atoms with Crippen LogP contribution in [0.5, 0.6) is 0 Å². The summed E-state index contributed by atoms with van der Waals surface area (Å²) in [7, 11) is 0. The van der Waals surface area contributed by atoms with Crippen molar-refractivity contribution < 1.29 is 5.11 Å². The number of nitriles is 1. The van der Waals surface area contributed by atoms with Gasteiger partial charge in [0.1, 0.15) is 0 Å². The van der Waals surface area contributed by atoms with Gasteiger partial charge in [-0.05, 0) is 43.9 Å². The zero-order valence-electron chi connectivity index (χ0n) is 13.0. The molecule has 0 heterocycles. The molecule has 110 valence electrons. The van der Waals surface area contributed by atoms with Gasteiger partial charge in [0, 0.05) is 0 Å². The maximum Gasteiger partial charge on any atom is 0.0832 e. The second-order valence-corrected chi connectivity index (χ2v) is 6.71. The summed E-state index contributed by atoms with van der Waals surface area (Å²) in [6.45, 7) is 6.73. The van der Waals surface area contributed by atoms with E-state index in [-0.39, 0.29) is 0 Å². The van der Waals surface area contributed by atoms with Crippen molar-refractivity contribution in [3.63, 3.8) is 0 Å². The average Bonchev–Trinajstić information content (AvgIpc) is 2.43. The van der Waals surface area contributed by atoms with Gasteiger partial charge in [0.2, 0.25) is 0 Å². The molecule has 0 saturated heterocycles. The third-order valence-electron chi connectivity index (χ3n) is 5.06. The first-order chi connectivity index (χ1) is 9.05. The van der Waals surface area contributed by atoms with Crippen molar-refractivity contribution in [2.24, 2.45) is 17.3 Å². The molecule has 0 aromatic carbocycles. The predicted octanol–water partition coefficient (Wildman–Crippen LogP) is 4.67. The van der Waals surface area contributed by atoms with Crippen molar-refractivity contribution in [3.05, 3.63) is 0 Å². The first-order valence-corrected chi connectivity index (χ1v) is 8.15. The van der Waals surface area contributed by atoms with Crippen LogP contribution in [0.3, 0.4) is 0 Å². The van der Waals surface area contributed by atoms with Gasteiger partial charge in [0.05, 0.1) is 17.6 Å². The molecule has 0 aromatic rings. The molecule has 1 saturated carbocycles. The van der Waals surface area contributed by atoms with Gasteiger partial charge in [-0.3, -0.25) is 0 Å². The fourth-order valence-corrected chi connectivity index (χ4v) is 3.38. The van der Waals surface area contributed by atoms with Gasteiger partial charge < -0.3 is 5.11 Å². The molecule has 0 bridgehead atoms. The van der Waals surface area contributed by atoms with Gasteiger partial charge in [-0.15, -0.1) is 0 Å². The molecule has 0 spiro atoms. The fourth-order valence-electron chi connectivity index (χ4n) is 3.38. The summed E-state index contributed by atoms with van der Waals surface area (Å²) in [5.74, 6) is 1.45. The number of hydrogen-bond acceptors (Lipinski definition) is 2. The Morgan fingerprint density at radius 3 is 2.32 bits per heavy atom. The van der Waals surface area contributed by atoms with Crippen LogP contribution in [0.15, 0.2) is 0 Å². The van der Waals surface area contributed by atoms with E-state index in [0.717, 1.165) is 44.4 Å². The molecule has 0 radical (unpaired) electrons. The number of aliphatic hydroxyl groups is 1. The molecule has 1 aliphatic rings. The molecule has 2 nitrogen and oxygen atoms in total. The number of unbranched alkanes of at least 4 members (excludes halogenated alkanes) is 3. The van der Waals surface area contributed by atoms with E-state index in [2.05, 4.69) is 26.8 Å². The Labute approximate surface area is 119 Å². The van der Waals surface area contributed by atoms with Gasteiger partial charge in [0.25, 0.3) is 0 Å². The fraction of sp³-hybridized carbons (Fsp3) is 0.941. The number of nitrogens with zero attached hydrogens (tertiary/aromatic N) is 1. The molecule has 2 heteroatoms. The Kier molecular flexibility index (Phi) is 6.86. The average molecular weight is 265 g/mol. The second-order valence-electron chi connectivity index (χ2n) is 6.71. The van der Waals surface area contributed by atoms with E-state index in [1.54, 1.807) is 0 Å². The zero-order chi connectivity index (χ0) is 14.3. The Morgan fingerprint density at radius 2 is 1.84 bits per heavy atom. The summed E-state index contributed by atoms with van der Waals surface area (Å²) < 4.78 is 0. The van der Waals surface area contributed by atoms with Crippen LogP contribution in [0.1, 0.15) is 78.6 Å². The lowest BCUT2D eigenvalue weighted by Crippen LogP contribution is -2.38. The van der Waals surface area contributed by atoms with Crippen molar-refractivity contribution >= 4 is 0 Å². The molecule has 1 fully saturated rings. The van der Waals surface area contributed by atoms with Crippen LogP contribution in [0.25, 0.3) is 0 Å². The van der Waals surface area contributed by atoms with E-state index >= 15 is 0 Å². The van der Waals surface area contributed by atoms with Crippen LogP contribution in [0, 0.1) is 28.6 Å². The normalized spacial score (nSPS) is 29.2. The standard InChI is InChI=1S/C17H31NO/c1-4-5-6-7-8-16(19)17(13-18)11-9-15(10-12-17)14(2)3/h14-16,19H,4-12H2,1-3H3. The van der Waals surface area contributed by atoms with E-state index in [0.29, 0.717) is 5.92 Å². The summed E-state index contributed by atoms with van der Waals surface area (Å²) in [4.78, 5) is 0. The molecule has 1 aliphatic carbocycles. The summed E-state index contributed by atoms with van der Waals surface area (Å²) >= 11 is 0. The summed E-state index contributed by atoms with van der Waals surface area (Å²) in [5.41, 5.74) is -0.447. The van der Waals surface area contributed by atoms with Crippen LogP contribution < -0.4 is 0 Å². The van der Waals surface area contributed by atoms with Crippen molar-refractivity contribution in [2.45, 2.75) is 84.7 Å². The van der Waals surface area contributed by atoms with Gasteiger partial charge in [0.15, 0.2) is 0 Å². The number of aliphatic hydroxyl groups excluding tert-OH is 1. The topological polar surface area (TPSA) is 44.0 Å². The summed E-state index contributed by atoms with van der Waals surface area (Å²) in [6.07, 6.45) is 9.09. The molecular weight excluding hydrogens is 234 g/mol. The second kappa shape index (κ2) is 7.90. The first kappa shape index (κ1) is 16.5. The van der Waals surface area contributed by atoms with Crippen molar-refractivity contribution in [1.82, 2.24) is 0 Å². The highest BCUT2D eigenvalue weighted by Gasteiger charge is 2.41. The number of rotatable bonds is 7. The predicted molar refractivity (Wildman–Crippen MR) is 79.6 cm³/mol. The van der Waals surface area contributed by atoms with Crippen molar-refractivity contribution in [2.75, 3.05) is 0 Å². The van der Waals surface area contributed by atoms with E-state index < -0.39 is 11.5 Å². The zero-order valence-corrected chi connectivity index (χ0v) is 13.0. The minimum absolute atomic E-state index is 0.414. The van der Waals surface area contributed by atoms with Crippen LogP contribution in [0.4, 0.5) is 0 Å². The SMILES string of the molecule is CCCCCCC(O)C1(C#N)CCC(C(C)C)CC1. The van der Waals surface area contributed by atoms with Crippen molar-refractivity contribution in [3.8, 4) is 6.07 Å². The van der Waals surface area contributed by atoms with Gasteiger partial charge in [-0.2, -0.15) is 5.26 Å². The molecule has 1 unspecified atom stereocenters. The van der Waals surface area contributed by atoms with Gasteiger partial charge in [-0.25, -0.2) is 0 Å². The Morgan fingerprint density at radius 1 is 1.21 bits per heavy atom. The molecule has 1 atom stereocenters. The largest absolute Gasteiger partial charge is 0.391 e. The molecule has 1 rings (SSSR count). The smallest absolute Gasteiger partial charge is 0.0832 e. The van der Waals surface area contributed by atoms with Gasteiger partial charge in [-0.1, -0.05) is 46.5 Å². The first-order valence-electron chi connectivity index (χ1n) is 8.15. The lowest BCUT2D eigenvalue weighted by Gasteiger charge is -2.39. The summed E-state index contributed by atoms with van der Waals surface area (Å²) in [6, 6.07) is 2.47.